The number of nitrogens with two attached hydrogens (primary N) is 1. The van der Waals surface area contributed by atoms with Gasteiger partial charge in [-0.05, 0) is 37.8 Å². The molecule has 0 atom stereocenters. The van der Waals surface area contributed by atoms with Gasteiger partial charge in [-0.15, -0.1) is 0 Å². The van der Waals surface area contributed by atoms with Gasteiger partial charge in [0.1, 0.15) is 17.2 Å². The van der Waals surface area contributed by atoms with Gasteiger partial charge in [-0.1, -0.05) is 48.5 Å². The van der Waals surface area contributed by atoms with Crippen molar-refractivity contribution in [1.82, 2.24) is 19.4 Å². The van der Waals surface area contributed by atoms with Crippen LogP contribution in [-0.4, -0.2) is 32.4 Å². The largest absolute Gasteiger partial charge is 0.469 e. The number of ether oxygens (including phenoxy) is 1. The van der Waals surface area contributed by atoms with E-state index in [0.29, 0.717) is 5.82 Å². The molecule has 1 aliphatic carbocycles. The van der Waals surface area contributed by atoms with Gasteiger partial charge in [0.2, 0.25) is 0 Å². The van der Waals surface area contributed by atoms with Crippen LogP contribution < -0.4 is 5.73 Å². The second kappa shape index (κ2) is 9.07. The maximum atomic E-state index is 11.9. The van der Waals surface area contributed by atoms with Crippen LogP contribution in [0.5, 0.6) is 0 Å². The third-order valence-corrected chi connectivity index (χ3v) is 7.26. The Bertz CT molecular complexity index is 1570. The summed E-state index contributed by atoms with van der Waals surface area (Å²) in [7, 11) is 1.46. The number of carbonyl (C=O) groups excluding carboxylic acids is 1. The lowest BCUT2D eigenvalue weighted by molar-refractivity contribution is -0.146. The summed E-state index contributed by atoms with van der Waals surface area (Å²) in [4.78, 5) is 26.3. The monoisotopic (exact) mass is 477 g/mol. The summed E-state index contributed by atoms with van der Waals surface area (Å²) in [5, 5.41) is 1.07. The topological polar surface area (TPSA) is 95.4 Å². The average Bonchev–Trinajstić information content (AvgIpc) is 3.37. The normalized spacial score (nSPS) is 17.9. The van der Waals surface area contributed by atoms with Crippen LogP contribution in [0.1, 0.15) is 37.4 Å². The minimum absolute atomic E-state index is 0.0225. The van der Waals surface area contributed by atoms with Crippen molar-refractivity contribution >= 4 is 28.2 Å². The van der Waals surface area contributed by atoms with E-state index in [1.165, 1.54) is 7.11 Å². The van der Waals surface area contributed by atoms with Crippen LogP contribution in [0.15, 0.2) is 73.1 Å². The summed E-state index contributed by atoms with van der Waals surface area (Å²) < 4.78 is 7.01. The molecule has 0 radical (unpaired) electrons. The lowest BCUT2D eigenvalue weighted by Gasteiger charge is -2.26. The quantitative estimate of drug-likeness (QED) is 0.337. The number of rotatable bonds is 4. The van der Waals surface area contributed by atoms with E-state index in [9.17, 15) is 4.79 Å². The highest BCUT2D eigenvalue weighted by molar-refractivity contribution is 5.86. The molecule has 6 rings (SSSR count). The van der Waals surface area contributed by atoms with Crippen molar-refractivity contribution in [2.75, 3.05) is 12.8 Å². The predicted octanol–water partition coefficient (Wildman–Crippen LogP) is 5.64. The summed E-state index contributed by atoms with van der Waals surface area (Å²) in [5.41, 5.74) is 11.8. The van der Waals surface area contributed by atoms with Gasteiger partial charge in [-0.2, -0.15) is 0 Å². The number of hydrogen-bond donors (Lipinski definition) is 1. The number of fused-ring (bicyclic) bond motifs is 2. The molecule has 3 heterocycles. The standard InChI is InChI=1S/C29H27N5O2/c1-36-29(35)21-10-8-20(9-11-21)28-31-16-26-27(30)33-25(17-34(26)28)22-12-7-19-13-14-23(32-24(19)15-22)18-5-3-2-4-6-18/h2-7,12-17,20-21H,8-11H2,1H3,(H2,30,33). The van der Waals surface area contributed by atoms with E-state index in [-0.39, 0.29) is 17.8 Å². The van der Waals surface area contributed by atoms with Gasteiger partial charge in [0.15, 0.2) is 0 Å². The highest BCUT2D eigenvalue weighted by atomic mass is 16.5. The van der Waals surface area contributed by atoms with E-state index in [1.807, 2.05) is 30.5 Å². The Hall–Kier alpha value is -4.26. The lowest BCUT2D eigenvalue weighted by Crippen LogP contribution is -2.23. The van der Waals surface area contributed by atoms with Crippen molar-refractivity contribution in [3.63, 3.8) is 0 Å². The van der Waals surface area contributed by atoms with Crippen LogP contribution in [-0.2, 0) is 9.53 Å². The zero-order valence-electron chi connectivity index (χ0n) is 20.1. The number of pyridine rings is 1. The molecule has 0 spiro atoms. The summed E-state index contributed by atoms with van der Waals surface area (Å²) >= 11 is 0. The van der Waals surface area contributed by atoms with Gasteiger partial charge in [0.25, 0.3) is 0 Å². The summed E-state index contributed by atoms with van der Waals surface area (Å²) in [6.45, 7) is 0. The van der Waals surface area contributed by atoms with Gasteiger partial charge in [0, 0.05) is 28.6 Å². The second-order valence-electron chi connectivity index (χ2n) is 9.42. The molecule has 2 N–H and O–H groups in total. The molecule has 0 bridgehead atoms. The van der Waals surface area contributed by atoms with Crippen molar-refractivity contribution < 1.29 is 9.53 Å². The maximum Gasteiger partial charge on any atom is 0.308 e. The zero-order chi connectivity index (χ0) is 24.6. The minimum atomic E-state index is -0.113. The number of nitrogens with zero attached hydrogens (tertiary/aromatic N) is 4. The van der Waals surface area contributed by atoms with Crippen LogP contribution in [0.25, 0.3) is 38.9 Å². The summed E-state index contributed by atoms with van der Waals surface area (Å²) in [6.07, 6.45) is 7.20. The van der Waals surface area contributed by atoms with Gasteiger partial charge in [-0.25, -0.2) is 15.0 Å². The van der Waals surface area contributed by atoms with Crippen LogP contribution in [0.4, 0.5) is 5.82 Å². The highest BCUT2D eigenvalue weighted by Crippen LogP contribution is 2.37. The first kappa shape index (κ1) is 22.2. The van der Waals surface area contributed by atoms with Gasteiger partial charge < -0.3 is 10.5 Å². The number of carbonyl (C=O) groups is 1. The van der Waals surface area contributed by atoms with E-state index >= 15 is 0 Å². The van der Waals surface area contributed by atoms with Crippen LogP contribution >= 0.6 is 0 Å². The number of benzene rings is 2. The molecule has 1 saturated carbocycles. The van der Waals surface area contributed by atoms with Gasteiger partial charge in [0.05, 0.1) is 36.1 Å². The highest BCUT2D eigenvalue weighted by Gasteiger charge is 2.30. The molecule has 0 unspecified atom stereocenters. The fourth-order valence-electron chi connectivity index (χ4n) is 5.28. The molecular formula is C29H27N5O2. The first-order chi connectivity index (χ1) is 17.6. The maximum absolute atomic E-state index is 11.9. The molecule has 5 aromatic rings. The molecule has 2 aromatic carbocycles. The number of esters is 1. The number of methoxy groups -OCH3 is 1. The lowest BCUT2D eigenvalue weighted by atomic mass is 9.81. The first-order valence-electron chi connectivity index (χ1n) is 12.3. The Balaban J connectivity index is 1.36. The minimum Gasteiger partial charge on any atom is -0.469 e. The van der Waals surface area contributed by atoms with Gasteiger partial charge >= 0.3 is 5.97 Å². The molecule has 0 aliphatic heterocycles. The fraction of sp³-hybridized carbons (Fsp3) is 0.241. The predicted molar refractivity (Wildman–Crippen MR) is 140 cm³/mol. The second-order valence-corrected chi connectivity index (χ2v) is 9.42. The molecule has 180 valence electrons. The molecule has 3 aromatic heterocycles. The third-order valence-electron chi connectivity index (χ3n) is 7.26. The number of hydrogen-bond acceptors (Lipinski definition) is 6. The van der Waals surface area contributed by atoms with Crippen LogP contribution in [0, 0.1) is 5.92 Å². The van der Waals surface area contributed by atoms with Crippen molar-refractivity contribution in [2.45, 2.75) is 31.6 Å². The van der Waals surface area contributed by atoms with Crippen molar-refractivity contribution in [3.05, 3.63) is 78.9 Å². The fourth-order valence-corrected chi connectivity index (χ4v) is 5.28. The van der Waals surface area contributed by atoms with Crippen molar-refractivity contribution in [3.8, 4) is 22.5 Å². The Morgan fingerprint density at radius 3 is 2.50 bits per heavy atom. The zero-order valence-corrected chi connectivity index (χ0v) is 20.1. The van der Waals surface area contributed by atoms with Crippen LogP contribution in [0.2, 0.25) is 0 Å². The van der Waals surface area contributed by atoms with Gasteiger partial charge in [-0.3, -0.25) is 9.20 Å². The van der Waals surface area contributed by atoms with Crippen molar-refractivity contribution in [1.29, 1.82) is 0 Å². The van der Waals surface area contributed by atoms with Crippen molar-refractivity contribution in [2.24, 2.45) is 5.92 Å². The van der Waals surface area contributed by atoms with E-state index in [0.717, 1.165) is 70.4 Å². The summed E-state index contributed by atoms with van der Waals surface area (Å²) in [5.74, 6) is 1.53. The molecule has 0 amide bonds. The Morgan fingerprint density at radius 2 is 1.72 bits per heavy atom. The SMILES string of the molecule is COC(=O)C1CCC(c2ncc3c(N)nc(-c4ccc5ccc(-c6ccccc6)nc5c4)cn23)CC1. The average molecular weight is 478 g/mol. The number of nitrogen functional groups attached to an aromatic ring is 1. The molecule has 7 nitrogen and oxygen atoms in total. The number of aromatic nitrogens is 4. The Kier molecular flexibility index (Phi) is 5.60. The third kappa shape index (κ3) is 3.96. The molecular weight excluding hydrogens is 450 g/mol. The summed E-state index contributed by atoms with van der Waals surface area (Å²) in [6, 6.07) is 20.5. The Morgan fingerprint density at radius 1 is 0.944 bits per heavy atom. The Labute approximate surface area is 209 Å². The van der Waals surface area contributed by atoms with E-state index in [4.69, 9.17) is 25.4 Å². The smallest absolute Gasteiger partial charge is 0.308 e. The molecule has 36 heavy (non-hydrogen) atoms. The molecule has 0 saturated heterocycles. The van der Waals surface area contributed by atoms with E-state index < -0.39 is 0 Å². The number of anilines is 1. The first-order valence-corrected chi connectivity index (χ1v) is 12.3. The number of imidazole rings is 1. The molecule has 1 aliphatic rings. The van der Waals surface area contributed by atoms with E-state index in [1.54, 1.807) is 6.20 Å². The molecule has 1 fully saturated rings. The molecule has 7 heteroatoms. The van der Waals surface area contributed by atoms with E-state index in [2.05, 4.69) is 40.8 Å². The van der Waals surface area contributed by atoms with Crippen LogP contribution in [0.3, 0.4) is 0 Å².